The molecule has 0 atom stereocenters. The Kier molecular flexibility index (Phi) is 14.8. The zero-order valence-electron chi connectivity index (χ0n) is 44.4. The molecular weight excluding hydrogens is 889 g/mol. The van der Waals surface area contributed by atoms with Crippen molar-refractivity contribution in [3.63, 3.8) is 0 Å². The zero-order chi connectivity index (χ0) is 49.7. The van der Waals surface area contributed by atoms with Gasteiger partial charge in [-0.25, -0.2) is 0 Å². The summed E-state index contributed by atoms with van der Waals surface area (Å²) in [6, 6.07) is 1.01. The molecule has 71 heavy (non-hydrogen) atoms. The van der Waals surface area contributed by atoms with Gasteiger partial charge in [-0.15, -0.1) is 0 Å². The Labute approximate surface area is 426 Å². The maximum atomic E-state index is 13.4. The largest absolute Gasteiger partial charge is 0.351 e. The quantitative estimate of drug-likeness (QED) is 0.0892. The summed E-state index contributed by atoms with van der Waals surface area (Å²) in [6.45, 7) is 6.29. The molecule has 6 aliphatic heterocycles. The molecule has 12 heteroatoms. The standard InChI is InChI=1S/C21H38N2O2.C20H30N2O2.C18H26N2O2/c1-4-5-6-7-8-9-10-11-14-20(2,3)18(24)23-21-15-12-17(13-16-21)22-19(21)25;23-17(19-10-13-7-14(11-19)9-15(8-13)12-19)22-20-5-1-3-16(4-2-6-20)21-18(20)24;21-15(20-18-3-1-14(2-4-18)19-16(18)22)17-8-11-5-12(9-17)7-13(6-11)10-17/h17H,4-16H2,1-3H3,(H,22,25)(H,23,24);13-16H,1-12H2,(H,21,24)(H,22,23);11-14H,1-10H2,(H,19,22)(H,20,21). The fraction of sp³-hybridized carbons (Fsp3) is 0.898. The van der Waals surface area contributed by atoms with E-state index in [0.29, 0.717) is 18.1 Å². The molecule has 6 heterocycles. The summed E-state index contributed by atoms with van der Waals surface area (Å²) in [4.78, 5) is 77.0. The Bertz CT molecular complexity index is 1920. The van der Waals surface area contributed by atoms with Gasteiger partial charge in [-0.2, -0.15) is 0 Å². The highest BCUT2D eigenvalue weighted by Crippen LogP contribution is 2.61. The molecule has 0 aromatic heterocycles. The monoisotopic (exact) mass is 983 g/mol. The number of nitrogens with one attached hydrogen (secondary N) is 6. The summed E-state index contributed by atoms with van der Waals surface area (Å²) in [7, 11) is 0. The first-order chi connectivity index (χ1) is 34.0. The van der Waals surface area contributed by atoms with Crippen molar-refractivity contribution >= 4 is 35.4 Å². The molecule has 16 fully saturated rings. The Balaban J connectivity index is 0.000000123. The van der Waals surface area contributed by atoms with Crippen molar-refractivity contribution in [2.45, 2.75) is 280 Å². The lowest BCUT2D eigenvalue weighted by atomic mass is 9.49. The predicted molar refractivity (Wildman–Crippen MR) is 275 cm³/mol. The highest BCUT2D eigenvalue weighted by atomic mass is 16.2. The number of hydrogen-bond donors (Lipinski definition) is 6. The van der Waals surface area contributed by atoms with E-state index in [-0.39, 0.29) is 46.3 Å². The lowest BCUT2D eigenvalue weighted by Gasteiger charge is -2.57. The van der Waals surface area contributed by atoms with E-state index in [1.165, 1.54) is 83.5 Å². The van der Waals surface area contributed by atoms with Crippen LogP contribution in [0.15, 0.2) is 0 Å². The number of carbonyl (C=O) groups excluding carboxylic acids is 6. The van der Waals surface area contributed by atoms with Crippen molar-refractivity contribution in [2.24, 2.45) is 51.8 Å². The topological polar surface area (TPSA) is 175 Å². The first-order valence-corrected chi connectivity index (χ1v) is 29.9. The van der Waals surface area contributed by atoms with E-state index in [1.807, 2.05) is 13.8 Å². The average Bonchev–Trinajstić information content (AvgIpc) is 3.57. The van der Waals surface area contributed by atoms with Crippen LogP contribution >= 0.6 is 0 Å². The summed E-state index contributed by atoms with van der Waals surface area (Å²) in [5, 5.41) is 19.1. The van der Waals surface area contributed by atoms with Crippen LogP contribution < -0.4 is 31.9 Å². The lowest BCUT2D eigenvalue weighted by molar-refractivity contribution is -0.153. The fourth-order valence-electron chi connectivity index (χ4n) is 18.1. The molecule has 16 aliphatic rings. The summed E-state index contributed by atoms with van der Waals surface area (Å²) < 4.78 is 0. The number of fused-ring (bicyclic) bond motifs is 9. The van der Waals surface area contributed by atoms with Crippen LogP contribution in [0.3, 0.4) is 0 Å². The second-order valence-corrected chi connectivity index (χ2v) is 27.6. The molecule has 396 valence electrons. The number of unbranched alkanes of at least 4 members (excludes halogenated alkanes) is 7. The summed E-state index contributed by atoms with van der Waals surface area (Å²) in [5.74, 6) is 5.29. The molecule has 6 saturated heterocycles. The van der Waals surface area contributed by atoms with Crippen LogP contribution in [0.25, 0.3) is 0 Å². The van der Waals surface area contributed by atoms with Crippen molar-refractivity contribution in [3.05, 3.63) is 0 Å². The summed E-state index contributed by atoms with van der Waals surface area (Å²) in [5.41, 5.74) is -2.53. The van der Waals surface area contributed by atoms with Crippen molar-refractivity contribution in [3.8, 4) is 0 Å². The minimum atomic E-state index is -0.637. The van der Waals surface area contributed by atoms with E-state index in [2.05, 4.69) is 38.8 Å². The molecule has 14 bridgehead atoms. The summed E-state index contributed by atoms with van der Waals surface area (Å²) in [6.07, 6.45) is 38.8. The normalized spacial score (nSPS) is 41.8. The average molecular weight is 983 g/mol. The number of carbonyl (C=O) groups is 6. The first-order valence-electron chi connectivity index (χ1n) is 29.9. The van der Waals surface area contributed by atoms with E-state index in [0.717, 1.165) is 177 Å². The van der Waals surface area contributed by atoms with E-state index < -0.39 is 22.0 Å². The Hall–Kier alpha value is -3.18. The maximum Gasteiger partial charge on any atom is 0.245 e. The second-order valence-electron chi connectivity index (χ2n) is 27.6. The predicted octanol–water partition coefficient (Wildman–Crippen LogP) is 9.51. The van der Waals surface area contributed by atoms with E-state index in [4.69, 9.17) is 0 Å². The summed E-state index contributed by atoms with van der Waals surface area (Å²) >= 11 is 0. The van der Waals surface area contributed by atoms with Gasteiger partial charge in [0.05, 0.1) is 0 Å². The van der Waals surface area contributed by atoms with Gasteiger partial charge in [-0.05, 0) is 209 Å². The Morgan fingerprint density at radius 1 is 0.465 bits per heavy atom. The third-order valence-corrected chi connectivity index (χ3v) is 21.7. The van der Waals surface area contributed by atoms with Crippen molar-refractivity contribution < 1.29 is 28.8 Å². The minimum absolute atomic E-state index is 0.0335. The zero-order valence-corrected chi connectivity index (χ0v) is 44.4. The van der Waals surface area contributed by atoms with Crippen LogP contribution in [0.5, 0.6) is 0 Å². The van der Waals surface area contributed by atoms with Gasteiger partial charge in [0.25, 0.3) is 0 Å². The third-order valence-electron chi connectivity index (χ3n) is 21.7. The Morgan fingerprint density at radius 3 is 1.17 bits per heavy atom. The van der Waals surface area contributed by atoms with Crippen LogP contribution in [0.4, 0.5) is 0 Å². The molecule has 16 rings (SSSR count). The molecule has 0 aromatic rings. The van der Waals surface area contributed by atoms with Crippen LogP contribution in [-0.4, -0.2) is 70.2 Å². The molecule has 0 unspecified atom stereocenters. The molecular formula is C59H94N6O6. The van der Waals surface area contributed by atoms with Crippen LogP contribution in [-0.2, 0) is 28.8 Å². The molecule has 0 aromatic carbocycles. The van der Waals surface area contributed by atoms with E-state index in [1.54, 1.807) is 0 Å². The second kappa shape index (κ2) is 20.5. The van der Waals surface area contributed by atoms with Crippen LogP contribution in [0.2, 0.25) is 0 Å². The van der Waals surface area contributed by atoms with Gasteiger partial charge in [0, 0.05) is 34.4 Å². The molecule has 10 aliphatic carbocycles. The van der Waals surface area contributed by atoms with Gasteiger partial charge < -0.3 is 31.9 Å². The van der Waals surface area contributed by atoms with Crippen molar-refractivity contribution in [1.82, 2.24) is 31.9 Å². The lowest BCUT2D eigenvalue weighted by Crippen LogP contribution is -2.69. The maximum absolute atomic E-state index is 13.4. The van der Waals surface area contributed by atoms with Crippen molar-refractivity contribution in [2.75, 3.05) is 0 Å². The number of amides is 6. The van der Waals surface area contributed by atoms with Gasteiger partial charge in [0.2, 0.25) is 35.4 Å². The molecule has 6 amide bonds. The molecule has 0 spiro atoms. The molecule has 12 nitrogen and oxygen atoms in total. The number of piperidine rings is 4. The van der Waals surface area contributed by atoms with Gasteiger partial charge in [-0.3, -0.25) is 28.8 Å². The van der Waals surface area contributed by atoms with Gasteiger partial charge in [0.15, 0.2) is 0 Å². The molecule has 0 radical (unpaired) electrons. The SMILES string of the molecule is CCCCCCCCCCC(C)(C)C(=O)NC12CCC(CC1)NC2=O.O=C(NC12CCC(CC1)NC2=O)C12CC3CC(CC(C3)C1)C2.O=C(NC12CCCC(CCC1)NC2=O)C12CC3CC(CC(C3)C1)C2. The molecule has 10 saturated carbocycles. The number of rotatable bonds is 15. The highest BCUT2D eigenvalue weighted by Gasteiger charge is 2.59. The van der Waals surface area contributed by atoms with E-state index >= 15 is 0 Å². The highest BCUT2D eigenvalue weighted by molar-refractivity contribution is 5.96. The fourth-order valence-corrected chi connectivity index (χ4v) is 18.1. The van der Waals surface area contributed by atoms with Crippen LogP contribution in [0.1, 0.15) is 245 Å². The van der Waals surface area contributed by atoms with Crippen molar-refractivity contribution in [1.29, 1.82) is 0 Å². The third kappa shape index (κ3) is 10.6. The van der Waals surface area contributed by atoms with E-state index in [9.17, 15) is 28.8 Å². The van der Waals surface area contributed by atoms with Crippen LogP contribution in [0, 0.1) is 51.8 Å². The Morgan fingerprint density at radius 2 is 0.789 bits per heavy atom. The smallest absolute Gasteiger partial charge is 0.245 e. The van der Waals surface area contributed by atoms with Gasteiger partial charge >= 0.3 is 0 Å². The minimum Gasteiger partial charge on any atom is -0.351 e. The first kappa shape index (κ1) is 51.3. The van der Waals surface area contributed by atoms with Gasteiger partial charge in [-0.1, -0.05) is 72.1 Å². The molecule has 6 N–H and O–H groups in total. The van der Waals surface area contributed by atoms with Gasteiger partial charge in [0.1, 0.15) is 16.6 Å². The number of hydrogen-bond acceptors (Lipinski definition) is 6.